The van der Waals surface area contributed by atoms with Gasteiger partial charge in [0.05, 0.1) is 12.7 Å². The van der Waals surface area contributed by atoms with Crippen LogP contribution in [0.2, 0.25) is 0 Å². The van der Waals surface area contributed by atoms with Crippen molar-refractivity contribution >= 4 is 11.9 Å². The van der Waals surface area contributed by atoms with E-state index in [4.69, 9.17) is 14.9 Å². The second kappa shape index (κ2) is 11.0. The summed E-state index contributed by atoms with van der Waals surface area (Å²) < 4.78 is 5.01. The number of ether oxygens (including phenoxy) is 1. The van der Waals surface area contributed by atoms with Gasteiger partial charge in [-0.2, -0.15) is 0 Å². The Morgan fingerprint density at radius 2 is 1.72 bits per heavy atom. The molecule has 0 heterocycles. The fourth-order valence-electron chi connectivity index (χ4n) is 1.52. The zero-order valence-electron chi connectivity index (χ0n) is 11.1. The van der Waals surface area contributed by atoms with E-state index in [0.29, 0.717) is 25.9 Å². The Balaban J connectivity index is 3.24. The molecule has 0 aromatic rings. The normalized spacial score (nSPS) is 12.1. The number of carbonyl (C=O) groups is 2. The Bertz CT molecular complexity index is 238. The molecule has 0 radical (unpaired) electrons. The minimum atomic E-state index is -0.832. The average molecular weight is 260 g/mol. The number of esters is 1. The van der Waals surface area contributed by atoms with Crippen molar-refractivity contribution in [3.8, 4) is 0 Å². The van der Waals surface area contributed by atoms with Gasteiger partial charge in [0.25, 0.3) is 0 Å². The maximum atomic E-state index is 11.2. The summed E-state index contributed by atoms with van der Waals surface area (Å²) in [6.45, 7) is 2.18. The lowest BCUT2D eigenvalue weighted by atomic mass is 10.1. The third kappa shape index (κ3) is 13.0. The number of aliphatic carboxylic acids is 1. The van der Waals surface area contributed by atoms with Crippen molar-refractivity contribution in [1.29, 1.82) is 0 Å². The van der Waals surface area contributed by atoms with Crippen molar-refractivity contribution in [2.75, 3.05) is 6.61 Å². The number of hydrogen-bond acceptors (Lipinski definition) is 4. The molecule has 5 nitrogen and oxygen atoms in total. The van der Waals surface area contributed by atoms with Gasteiger partial charge in [-0.1, -0.05) is 6.42 Å². The molecule has 1 atom stereocenters. The molecule has 0 aromatic heterocycles. The summed E-state index contributed by atoms with van der Waals surface area (Å²) >= 11 is 0. The number of carbonyl (C=O) groups excluding carboxylic acids is 1. The van der Waals surface area contributed by atoms with E-state index in [9.17, 15) is 9.59 Å². The zero-order valence-corrected chi connectivity index (χ0v) is 11.1. The summed E-state index contributed by atoms with van der Waals surface area (Å²) in [6, 6.07) is 0. The molecule has 106 valence electrons. The minimum absolute atomic E-state index is 0.104. The molecule has 0 aliphatic carbocycles. The molecule has 5 heteroatoms. The Morgan fingerprint density at radius 1 is 1.06 bits per heavy atom. The summed E-state index contributed by atoms with van der Waals surface area (Å²) in [7, 11) is 0. The van der Waals surface area contributed by atoms with E-state index in [2.05, 4.69) is 0 Å². The van der Waals surface area contributed by atoms with Crippen LogP contribution in [0.25, 0.3) is 0 Å². The SMILES string of the molecule is CC(O)CCCCCOC(=O)CCCCC(=O)O. The smallest absolute Gasteiger partial charge is 0.305 e. The summed E-state index contributed by atoms with van der Waals surface area (Å²) in [5.41, 5.74) is 0. The van der Waals surface area contributed by atoms with Crippen LogP contribution in [-0.2, 0) is 14.3 Å². The van der Waals surface area contributed by atoms with E-state index in [-0.39, 0.29) is 18.5 Å². The second-order valence-electron chi connectivity index (χ2n) is 4.52. The molecule has 1 unspecified atom stereocenters. The predicted octanol–water partition coefficient (Wildman–Crippen LogP) is 2.12. The lowest BCUT2D eigenvalue weighted by molar-refractivity contribution is -0.144. The highest BCUT2D eigenvalue weighted by Gasteiger charge is 2.04. The van der Waals surface area contributed by atoms with Gasteiger partial charge in [0.2, 0.25) is 0 Å². The molecule has 2 N–H and O–H groups in total. The van der Waals surface area contributed by atoms with Crippen LogP contribution in [0.15, 0.2) is 0 Å². The Kier molecular flexibility index (Phi) is 10.3. The molecule has 0 spiro atoms. The number of carboxylic acids is 1. The molecule has 0 saturated carbocycles. The van der Waals surface area contributed by atoms with Gasteiger partial charge in [0.1, 0.15) is 0 Å². The second-order valence-corrected chi connectivity index (χ2v) is 4.52. The van der Waals surface area contributed by atoms with Crippen LogP contribution in [0.3, 0.4) is 0 Å². The zero-order chi connectivity index (χ0) is 13.8. The molecular weight excluding hydrogens is 236 g/mol. The summed E-state index contributed by atoms with van der Waals surface area (Å²) in [5, 5.41) is 17.4. The first kappa shape index (κ1) is 16.9. The standard InChI is InChI=1S/C13H24O5/c1-11(14)7-3-2-6-10-18-13(17)9-5-4-8-12(15)16/h11,14H,2-10H2,1H3,(H,15,16). The molecule has 0 aliphatic heterocycles. The molecule has 0 bridgehead atoms. The predicted molar refractivity (Wildman–Crippen MR) is 67.2 cm³/mol. The summed E-state index contributed by atoms with van der Waals surface area (Å²) in [6.07, 6.45) is 4.68. The largest absolute Gasteiger partial charge is 0.481 e. The quantitative estimate of drug-likeness (QED) is 0.439. The Morgan fingerprint density at radius 3 is 2.33 bits per heavy atom. The van der Waals surface area contributed by atoms with Gasteiger partial charge in [-0.3, -0.25) is 9.59 Å². The van der Waals surface area contributed by atoms with Crippen LogP contribution < -0.4 is 0 Å². The first-order valence-electron chi connectivity index (χ1n) is 6.58. The highest BCUT2D eigenvalue weighted by atomic mass is 16.5. The van der Waals surface area contributed by atoms with Crippen LogP contribution in [0.1, 0.15) is 58.3 Å². The van der Waals surface area contributed by atoms with Crippen LogP contribution in [0.5, 0.6) is 0 Å². The van der Waals surface area contributed by atoms with Crippen molar-refractivity contribution in [3.05, 3.63) is 0 Å². The number of hydrogen-bond donors (Lipinski definition) is 2. The maximum absolute atomic E-state index is 11.2. The number of rotatable bonds is 11. The lowest BCUT2D eigenvalue weighted by Crippen LogP contribution is -2.06. The monoisotopic (exact) mass is 260 g/mol. The molecule has 0 rings (SSSR count). The van der Waals surface area contributed by atoms with Crippen molar-refractivity contribution in [1.82, 2.24) is 0 Å². The van der Waals surface area contributed by atoms with Gasteiger partial charge in [0, 0.05) is 12.8 Å². The van der Waals surface area contributed by atoms with Crippen LogP contribution in [-0.4, -0.2) is 34.9 Å². The van der Waals surface area contributed by atoms with Gasteiger partial charge in [-0.05, 0) is 39.0 Å². The molecule has 18 heavy (non-hydrogen) atoms. The maximum Gasteiger partial charge on any atom is 0.305 e. The summed E-state index contributed by atoms with van der Waals surface area (Å²) in [5.74, 6) is -1.09. The van der Waals surface area contributed by atoms with Crippen molar-refractivity contribution in [3.63, 3.8) is 0 Å². The van der Waals surface area contributed by atoms with E-state index < -0.39 is 5.97 Å². The highest BCUT2D eigenvalue weighted by Crippen LogP contribution is 2.05. The lowest BCUT2D eigenvalue weighted by Gasteiger charge is -2.05. The van der Waals surface area contributed by atoms with E-state index in [1.54, 1.807) is 6.92 Å². The highest BCUT2D eigenvalue weighted by molar-refractivity contribution is 5.69. The van der Waals surface area contributed by atoms with Crippen molar-refractivity contribution in [2.45, 2.75) is 64.4 Å². The first-order chi connectivity index (χ1) is 8.52. The summed E-state index contributed by atoms with van der Waals surface area (Å²) in [4.78, 5) is 21.4. The topological polar surface area (TPSA) is 83.8 Å². The van der Waals surface area contributed by atoms with E-state index in [1.165, 1.54) is 0 Å². The van der Waals surface area contributed by atoms with Crippen molar-refractivity contribution < 1.29 is 24.5 Å². The van der Waals surface area contributed by atoms with E-state index >= 15 is 0 Å². The number of unbranched alkanes of at least 4 members (excludes halogenated alkanes) is 3. The van der Waals surface area contributed by atoms with Gasteiger partial charge < -0.3 is 14.9 Å². The molecule has 0 amide bonds. The third-order valence-corrected chi connectivity index (χ3v) is 2.55. The number of aliphatic hydroxyl groups excluding tert-OH is 1. The van der Waals surface area contributed by atoms with Crippen LogP contribution in [0, 0.1) is 0 Å². The van der Waals surface area contributed by atoms with E-state index in [1.807, 2.05) is 0 Å². The Hall–Kier alpha value is -1.10. The van der Waals surface area contributed by atoms with Crippen LogP contribution >= 0.6 is 0 Å². The fraction of sp³-hybridized carbons (Fsp3) is 0.846. The van der Waals surface area contributed by atoms with Crippen molar-refractivity contribution in [2.24, 2.45) is 0 Å². The van der Waals surface area contributed by atoms with Gasteiger partial charge in [-0.15, -0.1) is 0 Å². The van der Waals surface area contributed by atoms with Gasteiger partial charge in [-0.25, -0.2) is 0 Å². The molecular formula is C13H24O5. The first-order valence-corrected chi connectivity index (χ1v) is 6.58. The fourth-order valence-corrected chi connectivity index (χ4v) is 1.52. The minimum Gasteiger partial charge on any atom is -0.481 e. The van der Waals surface area contributed by atoms with E-state index in [0.717, 1.165) is 25.7 Å². The molecule has 0 aromatic carbocycles. The van der Waals surface area contributed by atoms with Gasteiger partial charge in [0.15, 0.2) is 0 Å². The molecule has 0 saturated heterocycles. The van der Waals surface area contributed by atoms with Gasteiger partial charge >= 0.3 is 11.9 Å². The Labute approximate surface area is 108 Å². The number of aliphatic hydroxyl groups is 1. The molecule has 0 aliphatic rings. The average Bonchev–Trinajstić information content (AvgIpc) is 2.28. The number of carboxylic acid groups (broad SMARTS) is 1. The van der Waals surface area contributed by atoms with Crippen LogP contribution in [0.4, 0.5) is 0 Å². The third-order valence-electron chi connectivity index (χ3n) is 2.55. The molecule has 0 fully saturated rings.